The van der Waals surface area contributed by atoms with Gasteiger partial charge in [-0.15, -0.1) is 0 Å². The van der Waals surface area contributed by atoms with Gasteiger partial charge >= 0.3 is 0 Å². The van der Waals surface area contributed by atoms with Crippen LogP contribution in [0.2, 0.25) is 10.0 Å². The van der Waals surface area contributed by atoms with Crippen molar-refractivity contribution >= 4 is 50.4 Å². The Kier molecular flexibility index (Phi) is 5.56. The van der Waals surface area contributed by atoms with Crippen molar-refractivity contribution in [3.63, 3.8) is 0 Å². The van der Waals surface area contributed by atoms with E-state index in [9.17, 15) is 13.2 Å². The summed E-state index contributed by atoms with van der Waals surface area (Å²) in [6.07, 6.45) is 1.15. The summed E-state index contributed by atoms with van der Waals surface area (Å²) < 4.78 is 28.1. The number of allylic oxidation sites excluding steroid dienone is 1. The summed E-state index contributed by atoms with van der Waals surface area (Å²) in [4.78, 5) is 12.7. The number of anilines is 2. The lowest BCUT2D eigenvalue weighted by Gasteiger charge is -2.31. The summed E-state index contributed by atoms with van der Waals surface area (Å²) in [6.45, 7) is 0.0949. The average Bonchev–Trinajstić information content (AvgIpc) is 2.73. The zero-order valence-corrected chi connectivity index (χ0v) is 17.9. The van der Waals surface area contributed by atoms with Crippen molar-refractivity contribution in [2.45, 2.75) is 6.54 Å². The van der Waals surface area contributed by atoms with Gasteiger partial charge in [-0.25, -0.2) is 8.42 Å². The number of carbonyl (C=O) groups excluding carboxylic acids is 1. The van der Waals surface area contributed by atoms with E-state index in [2.05, 4.69) is 5.32 Å². The second kappa shape index (κ2) is 8.14. The molecule has 1 heterocycles. The third-order valence-corrected chi connectivity index (χ3v) is 7.08. The van der Waals surface area contributed by atoms with Crippen LogP contribution in [-0.2, 0) is 16.6 Å². The maximum atomic E-state index is 13.4. The minimum atomic E-state index is -4.12. The molecule has 30 heavy (non-hydrogen) atoms. The molecule has 0 fully saturated rings. The number of nitrogens with one attached hydrogen (secondary N) is 1. The maximum Gasteiger partial charge on any atom is 0.270 e. The second-order valence-corrected chi connectivity index (χ2v) is 9.24. The average molecular weight is 459 g/mol. The van der Waals surface area contributed by atoms with Crippen LogP contribution in [0, 0.1) is 0 Å². The van der Waals surface area contributed by atoms with Gasteiger partial charge in [-0.1, -0.05) is 71.7 Å². The zero-order chi connectivity index (χ0) is 21.3. The first-order valence-electron chi connectivity index (χ1n) is 9.00. The van der Waals surface area contributed by atoms with Crippen LogP contribution in [0.5, 0.6) is 0 Å². The van der Waals surface area contributed by atoms with Crippen LogP contribution in [0.4, 0.5) is 11.4 Å². The SMILES string of the molecule is O=C1C(=CNc2c(Cl)cccc2Cl)S(=O)(=O)N(Cc2ccccc2)c2ccccc21. The molecule has 5 nitrogen and oxygen atoms in total. The number of hydrogen-bond donors (Lipinski definition) is 1. The minimum Gasteiger partial charge on any atom is -0.358 e. The third-order valence-electron chi connectivity index (χ3n) is 4.69. The highest BCUT2D eigenvalue weighted by molar-refractivity contribution is 7.97. The van der Waals surface area contributed by atoms with Gasteiger partial charge in [0.15, 0.2) is 4.91 Å². The highest BCUT2D eigenvalue weighted by atomic mass is 35.5. The van der Waals surface area contributed by atoms with E-state index >= 15 is 0 Å². The van der Waals surface area contributed by atoms with Crippen molar-refractivity contribution in [2.24, 2.45) is 0 Å². The molecule has 0 saturated heterocycles. The van der Waals surface area contributed by atoms with E-state index in [1.54, 1.807) is 42.5 Å². The molecule has 0 bridgehead atoms. The number of carbonyl (C=O) groups is 1. The predicted octanol–water partition coefficient (Wildman–Crippen LogP) is 5.48. The van der Waals surface area contributed by atoms with Gasteiger partial charge in [0.1, 0.15) is 0 Å². The van der Waals surface area contributed by atoms with Gasteiger partial charge in [0, 0.05) is 11.8 Å². The van der Waals surface area contributed by atoms with Crippen LogP contribution in [0.15, 0.2) is 83.9 Å². The number of fused-ring (bicyclic) bond motifs is 1. The monoisotopic (exact) mass is 458 g/mol. The molecular formula is C22H16Cl2N2O3S. The molecule has 0 spiro atoms. The quantitative estimate of drug-likeness (QED) is 0.525. The Labute approximate surface area is 184 Å². The smallest absolute Gasteiger partial charge is 0.270 e. The number of nitrogens with zero attached hydrogens (tertiary/aromatic N) is 1. The summed E-state index contributed by atoms with van der Waals surface area (Å²) in [6, 6.07) is 20.7. The molecule has 0 aromatic heterocycles. The normalized spacial score (nSPS) is 16.4. The van der Waals surface area contributed by atoms with Crippen LogP contribution < -0.4 is 9.62 Å². The third kappa shape index (κ3) is 3.69. The molecule has 152 valence electrons. The van der Waals surface area contributed by atoms with E-state index in [-0.39, 0.29) is 11.4 Å². The van der Waals surface area contributed by atoms with Crippen LogP contribution >= 0.6 is 23.2 Å². The number of halogens is 2. The van der Waals surface area contributed by atoms with Crippen molar-refractivity contribution in [2.75, 3.05) is 9.62 Å². The second-order valence-electron chi connectivity index (χ2n) is 6.59. The number of Topliss-reactive ketones (excluding diaryl/α,β-unsaturated/α-hetero) is 1. The van der Waals surface area contributed by atoms with Crippen LogP contribution in [0.25, 0.3) is 0 Å². The van der Waals surface area contributed by atoms with Gasteiger partial charge in [0.2, 0.25) is 5.78 Å². The molecular weight excluding hydrogens is 443 g/mol. The predicted molar refractivity (Wildman–Crippen MR) is 120 cm³/mol. The molecule has 3 aromatic carbocycles. The summed E-state index contributed by atoms with van der Waals surface area (Å²) in [5.74, 6) is -0.592. The first-order valence-corrected chi connectivity index (χ1v) is 11.2. The number of sulfonamides is 1. The van der Waals surface area contributed by atoms with Crippen LogP contribution in [0.3, 0.4) is 0 Å². The van der Waals surface area contributed by atoms with E-state index < -0.39 is 15.8 Å². The molecule has 1 aliphatic rings. The zero-order valence-electron chi connectivity index (χ0n) is 15.5. The molecule has 3 aromatic rings. The Hall–Kier alpha value is -2.80. The topological polar surface area (TPSA) is 66.5 Å². The lowest BCUT2D eigenvalue weighted by molar-refractivity contribution is 0.104. The molecule has 0 atom stereocenters. The standard InChI is InChI=1S/C22H16Cl2N2O3S/c23-17-10-6-11-18(24)21(17)25-13-20-22(27)16-9-4-5-12-19(16)26(30(20,28)29)14-15-7-2-1-3-8-15/h1-13,25H,14H2. The van der Waals surface area contributed by atoms with Gasteiger partial charge < -0.3 is 5.32 Å². The van der Waals surface area contributed by atoms with Crippen molar-refractivity contribution in [3.05, 3.63) is 105 Å². The molecule has 1 aliphatic heterocycles. The molecule has 8 heteroatoms. The fourth-order valence-corrected chi connectivity index (χ4v) is 5.25. The first-order chi connectivity index (χ1) is 14.4. The summed E-state index contributed by atoms with van der Waals surface area (Å²) >= 11 is 12.3. The fourth-order valence-electron chi connectivity index (χ4n) is 3.21. The number of hydrogen-bond acceptors (Lipinski definition) is 4. The number of rotatable bonds is 4. The number of benzene rings is 3. The van der Waals surface area contributed by atoms with E-state index in [1.807, 2.05) is 30.3 Å². The molecule has 0 aliphatic carbocycles. The molecule has 0 radical (unpaired) electrons. The highest BCUT2D eigenvalue weighted by Crippen LogP contribution is 2.37. The van der Waals surface area contributed by atoms with E-state index in [0.717, 1.165) is 11.8 Å². The largest absolute Gasteiger partial charge is 0.358 e. The first kappa shape index (κ1) is 20.5. The van der Waals surface area contributed by atoms with Gasteiger partial charge in [-0.2, -0.15) is 0 Å². The molecule has 0 saturated carbocycles. The van der Waals surface area contributed by atoms with Gasteiger partial charge in [-0.3, -0.25) is 9.10 Å². The summed E-state index contributed by atoms with van der Waals surface area (Å²) in [7, 11) is -4.12. The Morgan fingerprint density at radius 3 is 2.20 bits per heavy atom. The summed E-state index contributed by atoms with van der Waals surface area (Å²) in [5, 5.41) is 3.41. The van der Waals surface area contributed by atoms with E-state index in [4.69, 9.17) is 23.2 Å². The van der Waals surface area contributed by atoms with Gasteiger partial charge in [0.25, 0.3) is 10.0 Å². The van der Waals surface area contributed by atoms with Gasteiger partial charge in [-0.05, 0) is 29.8 Å². The lowest BCUT2D eigenvalue weighted by atomic mass is 10.1. The minimum absolute atomic E-state index is 0.0949. The molecule has 0 amide bonds. The maximum absolute atomic E-state index is 13.4. The Morgan fingerprint density at radius 2 is 1.50 bits per heavy atom. The van der Waals surface area contributed by atoms with Crippen molar-refractivity contribution < 1.29 is 13.2 Å². The van der Waals surface area contributed by atoms with E-state index in [0.29, 0.717) is 27.0 Å². The summed E-state index contributed by atoms with van der Waals surface area (Å²) in [5.41, 5.74) is 1.78. The van der Waals surface area contributed by atoms with Crippen LogP contribution in [0.1, 0.15) is 15.9 Å². The van der Waals surface area contributed by atoms with Crippen molar-refractivity contribution in [1.82, 2.24) is 0 Å². The Morgan fingerprint density at radius 1 is 0.867 bits per heavy atom. The molecule has 1 N–H and O–H groups in total. The number of para-hydroxylation sites is 2. The number of ketones is 1. The lowest BCUT2D eigenvalue weighted by Crippen LogP contribution is -2.39. The molecule has 4 rings (SSSR count). The van der Waals surface area contributed by atoms with Crippen molar-refractivity contribution in [1.29, 1.82) is 0 Å². The van der Waals surface area contributed by atoms with E-state index in [1.165, 1.54) is 4.31 Å². The molecule has 0 unspecified atom stereocenters. The van der Waals surface area contributed by atoms with Crippen LogP contribution in [-0.4, -0.2) is 14.2 Å². The highest BCUT2D eigenvalue weighted by Gasteiger charge is 2.40. The van der Waals surface area contributed by atoms with Crippen molar-refractivity contribution in [3.8, 4) is 0 Å². The Balaban J connectivity index is 1.81. The fraction of sp³-hybridized carbons (Fsp3) is 0.0455. The van der Waals surface area contributed by atoms with Gasteiger partial charge in [0.05, 0.1) is 28.0 Å². The Bertz CT molecular complexity index is 1240.